The number of fused-ring (bicyclic) bond motifs is 1. The summed E-state index contributed by atoms with van der Waals surface area (Å²) in [7, 11) is 0. The predicted octanol–water partition coefficient (Wildman–Crippen LogP) is 3.60. The van der Waals surface area contributed by atoms with E-state index in [-0.39, 0.29) is 6.10 Å². The Morgan fingerprint density at radius 3 is 2.75 bits per heavy atom. The summed E-state index contributed by atoms with van der Waals surface area (Å²) in [5.41, 5.74) is 0.696. The molecule has 1 saturated heterocycles. The molecule has 0 N–H and O–H groups in total. The molecule has 1 atom stereocenters. The number of hydrogen-bond acceptors (Lipinski definition) is 3. The molecule has 1 aliphatic rings. The summed E-state index contributed by atoms with van der Waals surface area (Å²) >= 11 is 0. The summed E-state index contributed by atoms with van der Waals surface area (Å²) in [6, 6.07) is 11.5. The van der Waals surface area contributed by atoms with Crippen molar-refractivity contribution >= 4 is 17.1 Å². The number of carbonyl (C=O) groups excluding carboxylic acids is 1. The van der Waals surface area contributed by atoms with Crippen LogP contribution in [-0.4, -0.2) is 25.6 Å². The van der Waals surface area contributed by atoms with E-state index in [4.69, 9.17) is 9.47 Å². The quantitative estimate of drug-likeness (QED) is 0.796. The molecule has 104 valence electrons. The Kier molecular flexibility index (Phi) is 3.97. The summed E-state index contributed by atoms with van der Waals surface area (Å²) in [4.78, 5) is 11.1. The van der Waals surface area contributed by atoms with Crippen molar-refractivity contribution in [2.75, 3.05) is 13.2 Å². The smallest absolute Gasteiger partial charge is 0.150 e. The van der Waals surface area contributed by atoms with Crippen molar-refractivity contribution in [1.29, 1.82) is 0 Å². The number of hydrogen-bond donors (Lipinski definition) is 0. The Hall–Kier alpha value is -1.87. The van der Waals surface area contributed by atoms with Gasteiger partial charge in [-0.2, -0.15) is 0 Å². The SMILES string of the molecule is O=Cc1ccc(OC[C@H]2CCCCO2)c2ccccc12. The highest BCUT2D eigenvalue weighted by atomic mass is 16.5. The molecule has 0 spiro atoms. The maximum atomic E-state index is 11.1. The first-order valence-electron chi connectivity index (χ1n) is 7.10. The summed E-state index contributed by atoms with van der Waals surface area (Å²) < 4.78 is 11.6. The first kappa shape index (κ1) is 13.1. The minimum absolute atomic E-state index is 0.188. The average Bonchev–Trinajstić information content (AvgIpc) is 2.53. The van der Waals surface area contributed by atoms with Gasteiger partial charge in [0.05, 0.1) is 6.10 Å². The lowest BCUT2D eigenvalue weighted by Gasteiger charge is -2.23. The van der Waals surface area contributed by atoms with Gasteiger partial charge < -0.3 is 9.47 Å². The van der Waals surface area contributed by atoms with Crippen molar-refractivity contribution in [1.82, 2.24) is 0 Å². The molecule has 3 nitrogen and oxygen atoms in total. The van der Waals surface area contributed by atoms with Gasteiger partial charge in [0.2, 0.25) is 0 Å². The van der Waals surface area contributed by atoms with E-state index in [0.29, 0.717) is 12.2 Å². The van der Waals surface area contributed by atoms with Crippen LogP contribution in [0.3, 0.4) is 0 Å². The molecule has 0 aliphatic carbocycles. The fourth-order valence-electron chi connectivity index (χ4n) is 2.64. The van der Waals surface area contributed by atoms with Crippen LogP contribution in [0.15, 0.2) is 36.4 Å². The van der Waals surface area contributed by atoms with Gasteiger partial charge in [-0.25, -0.2) is 0 Å². The summed E-state index contributed by atoms with van der Waals surface area (Å²) in [5, 5.41) is 1.91. The molecule has 3 rings (SSSR count). The molecule has 0 bridgehead atoms. The molecule has 1 aliphatic heterocycles. The lowest BCUT2D eigenvalue weighted by molar-refractivity contribution is -0.0107. The first-order valence-corrected chi connectivity index (χ1v) is 7.10. The molecule has 0 unspecified atom stereocenters. The zero-order valence-corrected chi connectivity index (χ0v) is 11.4. The number of rotatable bonds is 4. The Balaban J connectivity index is 1.82. The number of carbonyl (C=O) groups is 1. The minimum atomic E-state index is 0.188. The molecule has 3 heteroatoms. The van der Waals surface area contributed by atoms with Crippen LogP contribution in [0.4, 0.5) is 0 Å². The third-order valence-electron chi connectivity index (χ3n) is 3.74. The molecule has 0 aromatic heterocycles. The molecule has 0 amide bonds. The maximum Gasteiger partial charge on any atom is 0.150 e. The van der Waals surface area contributed by atoms with Crippen LogP contribution < -0.4 is 4.74 Å². The second-order valence-corrected chi connectivity index (χ2v) is 5.12. The fourth-order valence-corrected chi connectivity index (χ4v) is 2.64. The van der Waals surface area contributed by atoms with Gasteiger partial charge in [0.15, 0.2) is 6.29 Å². The fraction of sp³-hybridized carbons (Fsp3) is 0.353. The van der Waals surface area contributed by atoms with E-state index in [0.717, 1.165) is 42.3 Å². The topological polar surface area (TPSA) is 35.5 Å². The van der Waals surface area contributed by atoms with Gasteiger partial charge in [-0.1, -0.05) is 24.3 Å². The maximum absolute atomic E-state index is 11.1. The number of benzene rings is 2. The van der Waals surface area contributed by atoms with Crippen LogP contribution in [-0.2, 0) is 4.74 Å². The molecule has 2 aromatic carbocycles. The van der Waals surface area contributed by atoms with Gasteiger partial charge in [0, 0.05) is 17.6 Å². The largest absolute Gasteiger partial charge is 0.490 e. The molecule has 1 heterocycles. The van der Waals surface area contributed by atoms with Gasteiger partial charge in [0.1, 0.15) is 12.4 Å². The zero-order valence-electron chi connectivity index (χ0n) is 11.4. The molecular weight excluding hydrogens is 252 g/mol. The predicted molar refractivity (Wildman–Crippen MR) is 78.4 cm³/mol. The second-order valence-electron chi connectivity index (χ2n) is 5.12. The monoisotopic (exact) mass is 270 g/mol. The normalized spacial score (nSPS) is 18.9. The van der Waals surface area contributed by atoms with E-state index in [1.807, 2.05) is 36.4 Å². The van der Waals surface area contributed by atoms with Crippen molar-refractivity contribution < 1.29 is 14.3 Å². The minimum Gasteiger partial charge on any atom is -0.490 e. The van der Waals surface area contributed by atoms with E-state index in [2.05, 4.69) is 0 Å². The highest BCUT2D eigenvalue weighted by molar-refractivity contribution is 6.00. The van der Waals surface area contributed by atoms with Gasteiger partial charge in [-0.3, -0.25) is 4.79 Å². The standard InChI is InChI=1S/C17H18O3/c18-11-13-8-9-17(16-7-2-1-6-15(13)16)20-12-14-5-3-4-10-19-14/h1-2,6-9,11,14H,3-5,10,12H2/t14-/m1/s1. The molecule has 20 heavy (non-hydrogen) atoms. The Bertz CT molecular complexity index is 600. The Morgan fingerprint density at radius 2 is 2.00 bits per heavy atom. The highest BCUT2D eigenvalue weighted by Crippen LogP contribution is 2.28. The van der Waals surface area contributed by atoms with Crippen LogP contribution in [0.2, 0.25) is 0 Å². The summed E-state index contributed by atoms with van der Waals surface area (Å²) in [6.07, 6.45) is 4.49. The number of ether oxygens (including phenoxy) is 2. The highest BCUT2D eigenvalue weighted by Gasteiger charge is 2.15. The summed E-state index contributed by atoms with van der Waals surface area (Å²) in [5.74, 6) is 0.820. The van der Waals surface area contributed by atoms with E-state index >= 15 is 0 Å². The first-order chi connectivity index (χ1) is 9.88. The Morgan fingerprint density at radius 1 is 1.15 bits per heavy atom. The molecule has 0 radical (unpaired) electrons. The molecule has 0 saturated carbocycles. The van der Waals surface area contributed by atoms with Crippen LogP contribution in [0.5, 0.6) is 5.75 Å². The van der Waals surface area contributed by atoms with Crippen LogP contribution in [0.1, 0.15) is 29.6 Å². The lowest BCUT2D eigenvalue weighted by atomic mass is 10.0. The molecule has 2 aromatic rings. The van der Waals surface area contributed by atoms with Gasteiger partial charge in [-0.15, -0.1) is 0 Å². The van der Waals surface area contributed by atoms with Crippen molar-refractivity contribution in [3.63, 3.8) is 0 Å². The van der Waals surface area contributed by atoms with Crippen molar-refractivity contribution in [3.8, 4) is 5.75 Å². The second kappa shape index (κ2) is 6.06. The van der Waals surface area contributed by atoms with Crippen molar-refractivity contribution in [3.05, 3.63) is 42.0 Å². The number of aldehydes is 1. The van der Waals surface area contributed by atoms with Crippen LogP contribution >= 0.6 is 0 Å². The third kappa shape index (κ3) is 2.68. The van der Waals surface area contributed by atoms with Gasteiger partial charge in [0.25, 0.3) is 0 Å². The Labute approximate surface area is 118 Å². The zero-order chi connectivity index (χ0) is 13.8. The van der Waals surface area contributed by atoms with Gasteiger partial charge >= 0.3 is 0 Å². The van der Waals surface area contributed by atoms with Crippen molar-refractivity contribution in [2.45, 2.75) is 25.4 Å². The van der Waals surface area contributed by atoms with E-state index in [1.54, 1.807) is 0 Å². The van der Waals surface area contributed by atoms with Crippen LogP contribution in [0, 0.1) is 0 Å². The molecule has 1 fully saturated rings. The summed E-state index contributed by atoms with van der Waals surface area (Å²) in [6.45, 7) is 1.41. The molecular formula is C17H18O3. The third-order valence-corrected chi connectivity index (χ3v) is 3.74. The van der Waals surface area contributed by atoms with Gasteiger partial charge in [-0.05, 0) is 36.8 Å². The van der Waals surface area contributed by atoms with E-state index < -0.39 is 0 Å². The van der Waals surface area contributed by atoms with Crippen molar-refractivity contribution in [2.24, 2.45) is 0 Å². The average molecular weight is 270 g/mol. The van der Waals surface area contributed by atoms with E-state index in [9.17, 15) is 4.79 Å². The lowest BCUT2D eigenvalue weighted by Crippen LogP contribution is -2.25. The van der Waals surface area contributed by atoms with Crippen LogP contribution in [0.25, 0.3) is 10.8 Å². The van der Waals surface area contributed by atoms with E-state index in [1.165, 1.54) is 6.42 Å².